The molecule has 8 heteroatoms. The third-order valence-electron chi connectivity index (χ3n) is 3.92. The average molecular weight is 392 g/mol. The van der Waals surface area contributed by atoms with Crippen LogP contribution in [-0.4, -0.2) is 41.7 Å². The Balaban J connectivity index is 2.29. The van der Waals surface area contributed by atoms with Crippen molar-refractivity contribution in [3.63, 3.8) is 0 Å². The van der Waals surface area contributed by atoms with Crippen molar-refractivity contribution in [2.24, 2.45) is 0 Å². The summed E-state index contributed by atoms with van der Waals surface area (Å²) in [5, 5.41) is 2.66. The lowest BCUT2D eigenvalue weighted by molar-refractivity contribution is 0.0937. The van der Waals surface area contributed by atoms with Crippen molar-refractivity contribution < 1.29 is 22.7 Å². The number of ether oxygens (including phenoxy) is 2. The number of hydrogen-bond donors (Lipinski definition) is 2. The molecule has 0 saturated heterocycles. The van der Waals surface area contributed by atoms with Gasteiger partial charge in [-0.1, -0.05) is 19.1 Å². The molecule has 0 aliphatic rings. The average Bonchev–Trinajstić information content (AvgIpc) is 2.68. The lowest BCUT2D eigenvalue weighted by Gasteiger charge is -2.13. The number of sulfonamides is 1. The molecule has 0 radical (unpaired) electrons. The maximum atomic E-state index is 12.8. The van der Waals surface area contributed by atoms with Crippen molar-refractivity contribution in [3.8, 4) is 5.75 Å². The summed E-state index contributed by atoms with van der Waals surface area (Å²) < 4.78 is 38.2. The molecule has 0 fully saturated rings. The highest BCUT2D eigenvalue weighted by molar-refractivity contribution is 7.92. The van der Waals surface area contributed by atoms with Gasteiger partial charge in [0, 0.05) is 24.9 Å². The highest BCUT2D eigenvalue weighted by atomic mass is 32.2. The van der Waals surface area contributed by atoms with Crippen molar-refractivity contribution in [2.45, 2.75) is 18.2 Å². The van der Waals surface area contributed by atoms with E-state index in [1.165, 1.54) is 32.4 Å². The molecule has 27 heavy (non-hydrogen) atoms. The van der Waals surface area contributed by atoms with Crippen LogP contribution in [0.15, 0.2) is 47.4 Å². The zero-order valence-corrected chi connectivity index (χ0v) is 16.4. The van der Waals surface area contributed by atoms with Crippen molar-refractivity contribution >= 4 is 21.6 Å². The van der Waals surface area contributed by atoms with Crippen molar-refractivity contribution in [1.82, 2.24) is 5.32 Å². The molecular weight excluding hydrogens is 368 g/mol. The Kier molecular flexibility index (Phi) is 7.20. The number of aryl methyl sites for hydroxylation is 1. The van der Waals surface area contributed by atoms with Crippen LogP contribution in [0.1, 0.15) is 22.8 Å². The number of benzene rings is 2. The second kappa shape index (κ2) is 9.38. The molecule has 0 saturated carbocycles. The molecule has 0 aliphatic carbocycles. The number of carbonyl (C=O) groups excluding carboxylic acids is 1. The standard InChI is InChI=1S/C19H24N2O5S/c1-4-14-5-8-16(9-6-14)21-27(23,24)18-13-15(7-10-17(18)26-3)19(22)20-11-12-25-2/h5-10,13,21H,4,11-12H2,1-3H3,(H,20,22). The molecule has 0 unspecified atom stereocenters. The lowest BCUT2D eigenvalue weighted by Crippen LogP contribution is -2.27. The van der Waals surface area contributed by atoms with Crippen molar-refractivity contribution in [2.75, 3.05) is 32.1 Å². The van der Waals surface area contributed by atoms with E-state index in [-0.39, 0.29) is 16.2 Å². The Bertz CT molecular complexity index is 879. The summed E-state index contributed by atoms with van der Waals surface area (Å²) in [6.45, 7) is 2.71. The molecule has 0 aliphatic heterocycles. The van der Waals surface area contributed by atoms with Gasteiger partial charge in [-0.2, -0.15) is 0 Å². The molecule has 7 nitrogen and oxygen atoms in total. The van der Waals surface area contributed by atoms with Gasteiger partial charge < -0.3 is 14.8 Å². The van der Waals surface area contributed by atoms with Crippen LogP contribution in [0.3, 0.4) is 0 Å². The van der Waals surface area contributed by atoms with Gasteiger partial charge in [0.05, 0.1) is 13.7 Å². The molecule has 2 N–H and O–H groups in total. The van der Waals surface area contributed by atoms with Gasteiger partial charge in [0.1, 0.15) is 10.6 Å². The van der Waals surface area contributed by atoms with Crippen LogP contribution in [0.5, 0.6) is 5.75 Å². The Labute approximate surface area is 159 Å². The van der Waals surface area contributed by atoms with E-state index in [0.29, 0.717) is 18.8 Å². The van der Waals surface area contributed by atoms with Gasteiger partial charge in [0.2, 0.25) is 0 Å². The highest BCUT2D eigenvalue weighted by Crippen LogP contribution is 2.27. The van der Waals surface area contributed by atoms with E-state index in [1.54, 1.807) is 12.1 Å². The fourth-order valence-electron chi connectivity index (χ4n) is 2.42. The third-order valence-corrected chi connectivity index (χ3v) is 5.32. The smallest absolute Gasteiger partial charge is 0.265 e. The monoisotopic (exact) mass is 392 g/mol. The van der Waals surface area contributed by atoms with Gasteiger partial charge >= 0.3 is 0 Å². The van der Waals surface area contributed by atoms with E-state index in [1.807, 2.05) is 19.1 Å². The van der Waals surface area contributed by atoms with Crippen LogP contribution in [0.25, 0.3) is 0 Å². The number of amides is 1. The van der Waals surface area contributed by atoms with E-state index in [9.17, 15) is 13.2 Å². The predicted molar refractivity (Wildman–Crippen MR) is 104 cm³/mol. The van der Waals surface area contributed by atoms with Gasteiger partial charge in [-0.05, 0) is 42.3 Å². The largest absolute Gasteiger partial charge is 0.495 e. The summed E-state index contributed by atoms with van der Waals surface area (Å²) in [6, 6.07) is 11.4. The van der Waals surface area contributed by atoms with Crippen LogP contribution < -0.4 is 14.8 Å². The zero-order valence-electron chi connectivity index (χ0n) is 15.6. The Hall–Kier alpha value is -2.58. The minimum absolute atomic E-state index is 0.107. The Morgan fingerprint density at radius 1 is 1.07 bits per heavy atom. The van der Waals surface area contributed by atoms with Gasteiger partial charge in [0.15, 0.2) is 0 Å². The van der Waals surface area contributed by atoms with Gasteiger partial charge in [-0.3, -0.25) is 9.52 Å². The molecule has 0 aromatic heterocycles. The first kappa shape index (κ1) is 20.7. The molecule has 0 bridgehead atoms. The van der Waals surface area contributed by atoms with Crippen molar-refractivity contribution in [1.29, 1.82) is 0 Å². The molecule has 2 aromatic rings. The number of rotatable bonds is 9. The second-order valence-electron chi connectivity index (χ2n) is 5.77. The number of anilines is 1. The van der Waals surface area contributed by atoms with Crippen molar-refractivity contribution in [3.05, 3.63) is 53.6 Å². The van der Waals surface area contributed by atoms with E-state index in [4.69, 9.17) is 9.47 Å². The fourth-order valence-corrected chi connectivity index (χ4v) is 3.67. The number of carbonyl (C=O) groups is 1. The Morgan fingerprint density at radius 2 is 1.78 bits per heavy atom. The first-order valence-corrected chi connectivity index (χ1v) is 9.96. The molecule has 0 spiro atoms. The maximum absolute atomic E-state index is 12.8. The summed E-state index contributed by atoms with van der Waals surface area (Å²) in [6.07, 6.45) is 0.862. The fraction of sp³-hybridized carbons (Fsp3) is 0.316. The summed E-state index contributed by atoms with van der Waals surface area (Å²) in [5.74, 6) is -0.237. The number of hydrogen-bond acceptors (Lipinski definition) is 5. The Morgan fingerprint density at radius 3 is 2.37 bits per heavy atom. The molecule has 2 rings (SSSR count). The summed E-state index contributed by atoms with van der Waals surface area (Å²) in [5.41, 5.74) is 1.75. The van der Waals surface area contributed by atoms with E-state index >= 15 is 0 Å². The minimum Gasteiger partial charge on any atom is -0.495 e. The number of nitrogens with one attached hydrogen (secondary N) is 2. The molecule has 0 atom stereocenters. The summed E-state index contributed by atoms with van der Waals surface area (Å²) in [4.78, 5) is 12.1. The lowest BCUT2D eigenvalue weighted by atomic mass is 10.2. The van der Waals surface area contributed by atoms with E-state index in [0.717, 1.165) is 12.0 Å². The number of methoxy groups -OCH3 is 2. The second-order valence-corrected chi connectivity index (χ2v) is 7.42. The molecule has 0 heterocycles. The normalized spacial score (nSPS) is 11.1. The van der Waals surface area contributed by atoms with Crippen LogP contribution >= 0.6 is 0 Å². The summed E-state index contributed by atoms with van der Waals surface area (Å²) in [7, 11) is -1.03. The van der Waals surface area contributed by atoms with E-state index in [2.05, 4.69) is 10.0 Å². The maximum Gasteiger partial charge on any atom is 0.265 e. The first-order valence-electron chi connectivity index (χ1n) is 8.48. The minimum atomic E-state index is -3.94. The quantitative estimate of drug-likeness (QED) is 0.639. The molecule has 2 aromatic carbocycles. The van der Waals surface area contributed by atoms with E-state index < -0.39 is 15.9 Å². The van der Waals surface area contributed by atoms with Gasteiger partial charge in [-0.15, -0.1) is 0 Å². The zero-order chi connectivity index (χ0) is 19.9. The highest BCUT2D eigenvalue weighted by Gasteiger charge is 2.22. The van der Waals surface area contributed by atoms with Gasteiger partial charge in [0.25, 0.3) is 15.9 Å². The van der Waals surface area contributed by atoms with Crippen LogP contribution in [0.4, 0.5) is 5.69 Å². The molecular formula is C19H24N2O5S. The predicted octanol–water partition coefficient (Wildman–Crippen LogP) is 2.43. The first-order chi connectivity index (χ1) is 12.9. The van der Waals surface area contributed by atoms with Crippen LogP contribution in [0, 0.1) is 0 Å². The SMILES string of the molecule is CCc1ccc(NS(=O)(=O)c2cc(C(=O)NCCOC)ccc2OC)cc1. The van der Waals surface area contributed by atoms with Crippen LogP contribution in [0.2, 0.25) is 0 Å². The van der Waals surface area contributed by atoms with Gasteiger partial charge in [-0.25, -0.2) is 8.42 Å². The molecule has 146 valence electrons. The topological polar surface area (TPSA) is 93.7 Å². The van der Waals surface area contributed by atoms with Crippen LogP contribution in [-0.2, 0) is 21.2 Å². The third kappa shape index (κ3) is 5.45. The summed E-state index contributed by atoms with van der Waals surface area (Å²) >= 11 is 0. The molecule has 1 amide bonds.